The third-order valence-electron chi connectivity index (χ3n) is 3.15. The molecule has 0 atom stereocenters. The molecule has 0 spiro atoms. The van der Waals surface area contributed by atoms with E-state index in [9.17, 15) is 4.79 Å². The zero-order valence-corrected chi connectivity index (χ0v) is 12.9. The van der Waals surface area contributed by atoms with Crippen molar-refractivity contribution < 1.29 is 0 Å². The molecule has 3 rings (SSSR count). The molecule has 0 aromatic carbocycles. The van der Waals surface area contributed by atoms with Crippen molar-refractivity contribution in [2.75, 3.05) is 0 Å². The van der Waals surface area contributed by atoms with Crippen LogP contribution in [0.4, 0.5) is 0 Å². The quantitative estimate of drug-likeness (QED) is 0.776. The number of fused-ring (bicyclic) bond motifs is 1. The SMILES string of the molecule is Cc1csc2nc(Cn3cc(C(C)(C)N)nn3)cc(=O)n12. The summed E-state index contributed by atoms with van der Waals surface area (Å²) >= 11 is 1.45. The van der Waals surface area contributed by atoms with Gasteiger partial charge in [0.05, 0.1) is 24.0 Å². The van der Waals surface area contributed by atoms with Crippen LogP contribution in [0, 0.1) is 6.92 Å². The van der Waals surface area contributed by atoms with Crippen LogP contribution in [0.3, 0.4) is 0 Å². The van der Waals surface area contributed by atoms with Crippen molar-refractivity contribution in [2.45, 2.75) is 32.9 Å². The van der Waals surface area contributed by atoms with Crippen LogP contribution in [-0.4, -0.2) is 24.4 Å². The van der Waals surface area contributed by atoms with Crippen molar-refractivity contribution >= 4 is 16.3 Å². The first-order valence-corrected chi connectivity index (χ1v) is 7.39. The Hall–Kier alpha value is -2.06. The summed E-state index contributed by atoms with van der Waals surface area (Å²) in [4.78, 5) is 17.3. The van der Waals surface area contributed by atoms with Gasteiger partial charge in [-0.15, -0.1) is 16.4 Å². The number of nitrogens with zero attached hydrogens (tertiary/aromatic N) is 5. The smallest absolute Gasteiger partial charge is 0.259 e. The highest BCUT2D eigenvalue weighted by atomic mass is 32.1. The first-order chi connectivity index (χ1) is 9.84. The molecule has 0 saturated heterocycles. The number of nitrogens with two attached hydrogens (primary N) is 1. The maximum absolute atomic E-state index is 12.1. The van der Waals surface area contributed by atoms with E-state index in [1.807, 2.05) is 26.2 Å². The fourth-order valence-electron chi connectivity index (χ4n) is 2.02. The number of aromatic nitrogens is 5. The van der Waals surface area contributed by atoms with Crippen LogP contribution in [0.5, 0.6) is 0 Å². The van der Waals surface area contributed by atoms with Crippen molar-refractivity contribution in [3.63, 3.8) is 0 Å². The van der Waals surface area contributed by atoms with Crippen LogP contribution in [0.25, 0.3) is 4.96 Å². The summed E-state index contributed by atoms with van der Waals surface area (Å²) in [5.74, 6) is 0. The topological polar surface area (TPSA) is 91.1 Å². The lowest BCUT2D eigenvalue weighted by molar-refractivity contribution is 0.533. The molecule has 0 aliphatic rings. The summed E-state index contributed by atoms with van der Waals surface area (Å²) in [6.45, 7) is 6.02. The second-order valence-corrected chi connectivity index (χ2v) is 6.44. The summed E-state index contributed by atoms with van der Waals surface area (Å²) in [6, 6.07) is 1.53. The molecule has 3 aromatic heterocycles. The van der Waals surface area contributed by atoms with Crippen molar-refractivity contribution in [1.29, 1.82) is 0 Å². The molecule has 0 amide bonds. The maximum atomic E-state index is 12.1. The predicted octanol–water partition coefficient (Wildman–Crippen LogP) is 0.898. The fraction of sp³-hybridized carbons (Fsp3) is 0.385. The number of aryl methyl sites for hydroxylation is 1. The molecule has 0 aliphatic heterocycles. The van der Waals surface area contributed by atoms with Gasteiger partial charge in [0, 0.05) is 17.1 Å². The molecule has 0 radical (unpaired) electrons. The Morgan fingerprint density at radius 1 is 1.43 bits per heavy atom. The van der Waals surface area contributed by atoms with E-state index in [1.165, 1.54) is 17.4 Å². The highest BCUT2D eigenvalue weighted by Crippen LogP contribution is 2.14. The molecule has 0 fully saturated rings. The Balaban J connectivity index is 1.95. The van der Waals surface area contributed by atoms with E-state index in [0.29, 0.717) is 22.9 Å². The average Bonchev–Trinajstić information content (AvgIpc) is 2.96. The minimum absolute atomic E-state index is 0.0757. The summed E-state index contributed by atoms with van der Waals surface area (Å²) in [5.41, 5.74) is 7.62. The van der Waals surface area contributed by atoms with Crippen LogP contribution in [-0.2, 0) is 12.1 Å². The lowest BCUT2D eigenvalue weighted by Crippen LogP contribution is -2.29. The van der Waals surface area contributed by atoms with Gasteiger partial charge >= 0.3 is 0 Å². The standard InChI is InChI=1S/C13H16N6OS/c1-8-7-21-12-15-9(4-11(20)19(8)12)5-18-6-10(16-17-18)13(2,3)14/h4,6-7H,5,14H2,1-3H3. The van der Waals surface area contributed by atoms with Gasteiger partial charge in [0.1, 0.15) is 5.69 Å². The van der Waals surface area contributed by atoms with Gasteiger partial charge in [-0.1, -0.05) is 5.21 Å². The average molecular weight is 304 g/mol. The largest absolute Gasteiger partial charge is 0.320 e. The molecular weight excluding hydrogens is 288 g/mol. The summed E-state index contributed by atoms with van der Waals surface area (Å²) in [5, 5.41) is 10.0. The lowest BCUT2D eigenvalue weighted by Gasteiger charge is -2.13. The third kappa shape index (κ3) is 2.59. The molecule has 7 nitrogen and oxygen atoms in total. The Labute approximate surface area is 125 Å². The Kier molecular flexibility index (Phi) is 3.14. The first-order valence-electron chi connectivity index (χ1n) is 6.51. The van der Waals surface area contributed by atoms with Gasteiger partial charge < -0.3 is 5.73 Å². The Morgan fingerprint density at radius 3 is 2.86 bits per heavy atom. The van der Waals surface area contributed by atoms with Crippen LogP contribution in [0.15, 0.2) is 22.4 Å². The number of hydrogen-bond acceptors (Lipinski definition) is 6. The Bertz CT molecular complexity index is 854. The second kappa shape index (κ2) is 4.74. The fourth-order valence-corrected chi connectivity index (χ4v) is 2.91. The summed E-state index contributed by atoms with van der Waals surface area (Å²) in [7, 11) is 0. The van der Waals surface area contributed by atoms with Crippen LogP contribution < -0.4 is 11.3 Å². The number of rotatable bonds is 3. The van der Waals surface area contributed by atoms with E-state index in [1.54, 1.807) is 15.3 Å². The molecular formula is C13H16N6OS. The molecule has 0 unspecified atom stereocenters. The third-order valence-corrected chi connectivity index (χ3v) is 4.10. The van der Waals surface area contributed by atoms with Gasteiger partial charge in [0.2, 0.25) is 0 Å². The van der Waals surface area contributed by atoms with Crippen molar-refractivity contribution in [3.8, 4) is 0 Å². The van der Waals surface area contributed by atoms with Gasteiger partial charge in [-0.3, -0.25) is 9.20 Å². The molecule has 8 heteroatoms. The van der Waals surface area contributed by atoms with Gasteiger partial charge in [-0.25, -0.2) is 9.67 Å². The molecule has 21 heavy (non-hydrogen) atoms. The monoisotopic (exact) mass is 304 g/mol. The second-order valence-electron chi connectivity index (χ2n) is 5.60. The number of hydrogen-bond donors (Lipinski definition) is 1. The van der Waals surface area contributed by atoms with Gasteiger partial charge in [0.15, 0.2) is 4.96 Å². The molecule has 2 N–H and O–H groups in total. The van der Waals surface area contributed by atoms with Gasteiger partial charge in [0.25, 0.3) is 5.56 Å². The maximum Gasteiger partial charge on any atom is 0.259 e. The number of thiazole rings is 1. The zero-order valence-electron chi connectivity index (χ0n) is 12.1. The molecule has 3 aromatic rings. The molecule has 0 saturated carbocycles. The van der Waals surface area contributed by atoms with E-state index in [-0.39, 0.29) is 5.56 Å². The lowest BCUT2D eigenvalue weighted by atomic mass is 10.0. The van der Waals surface area contributed by atoms with E-state index in [2.05, 4.69) is 15.3 Å². The van der Waals surface area contributed by atoms with Gasteiger partial charge in [-0.05, 0) is 20.8 Å². The summed E-state index contributed by atoms with van der Waals surface area (Å²) < 4.78 is 3.24. The molecule has 3 heterocycles. The van der Waals surface area contributed by atoms with Crippen LogP contribution >= 0.6 is 11.3 Å². The normalized spacial score (nSPS) is 12.2. The van der Waals surface area contributed by atoms with Crippen molar-refractivity contribution in [2.24, 2.45) is 5.73 Å². The molecule has 110 valence electrons. The van der Waals surface area contributed by atoms with Crippen molar-refractivity contribution in [1.82, 2.24) is 24.4 Å². The van der Waals surface area contributed by atoms with Crippen LogP contribution in [0.1, 0.15) is 30.9 Å². The van der Waals surface area contributed by atoms with Crippen molar-refractivity contribution in [3.05, 3.63) is 45.1 Å². The minimum atomic E-state index is -0.542. The van der Waals surface area contributed by atoms with E-state index in [0.717, 1.165) is 5.69 Å². The first kappa shape index (κ1) is 13.9. The van der Waals surface area contributed by atoms with E-state index in [4.69, 9.17) is 5.73 Å². The van der Waals surface area contributed by atoms with Gasteiger partial charge in [-0.2, -0.15) is 0 Å². The molecule has 0 aliphatic carbocycles. The minimum Gasteiger partial charge on any atom is -0.320 e. The highest BCUT2D eigenvalue weighted by Gasteiger charge is 2.18. The van der Waals surface area contributed by atoms with E-state index >= 15 is 0 Å². The zero-order chi connectivity index (χ0) is 15.2. The van der Waals surface area contributed by atoms with E-state index < -0.39 is 5.54 Å². The predicted molar refractivity (Wildman–Crippen MR) is 80.4 cm³/mol. The molecule has 0 bridgehead atoms. The highest BCUT2D eigenvalue weighted by molar-refractivity contribution is 7.15. The Morgan fingerprint density at radius 2 is 2.19 bits per heavy atom. The summed E-state index contributed by atoms with van der Waals surface area (Å²) in [6.07, 6.45) is 1.78. The van der Waals surface area contributed by atoms with Crippen LogP contribution in [0.2, 0.25) is 0 Å².